The Morgan fingerprint density at radius 3 is 2.25 bits per heavy atom. The van der Waals surface area contributed by atoms with E-state index in [9.17, 15) is 9.59 Å². The minimum atomic E-state index is -0.531. The standard InChI is InChI=1S/C11H22N2O3/c1-8(2)7-13(11(15)9(3)12)6-5-10(14)16-4/h8-9H,5-7,12H2,1-4H3. The molecule has 0 saturated carbocycles. The molecular weight excluding hydrogens is 208 g/mol. The number of esters is 1. The van der Waals surface area contributed by atoms with Gasteiger partial charge < -0.3 is 15.4 Å². The number of rotatable bonds is 6. The van der Waals surface area contributed by atoms with Crippen molar-refractivity contribution in [2.75, 3.05) is 20.2 Å². The van der Waals surface area contributed by atoms with Crippen molar-refractivity contribution < 1.29 is 14.3 Å². The van der Waals surface area contributed by atoms with Crippen molar-refractivity contribution in [1.82, 2.24) is 4.90 Å². The van der Waals surface area contributed by atoms with Gasteiger partial charge in [-0.3, -0.25) is 9.59 Å². The van der Waals surface area contributed by atoms with Crippen LogP contribution in [0.2, 0.25) is 0 Å². The minimum absolute atomic E-state index is 0.127. The van der Waals surface area contributed by atoms with Crippen LogP contribution in [0.25, 0.3) is 0 Å². The summed E-state index contributed by atoms with van der Waals surface area (Å²) in [4.78, 5) is 24.3. The highest BCUT2D eigenvalue weighted by Crippen LogP contribution is 2.03. The number of hydrogen-bond donors (Lipinski definition) is 1. The molecule has 0 aromatic rings. The van der Waals surface area contributed by atoms with E-state index in [1.807, 2.05) is 13.8 Å². The van der Waals surface area contributed by atoms with Crippen molar-refractivity contribution >= 4 is 11.9 Å². The summed E-state index contributed by atoms with van der Waals surface area (Å²) in [5.41, 5.74) is 5.54. The number of nitrogens with zero attached hydrogens (tertiary/aromatic N) is 1. The van der Waals surface area contributed by atoms with Crippen LogP contribution in [0.4, 0.5) is 0 Å². The number of carbonyl (C=O) groups is 2. The maximum atomic E-state index is 11.7. The van der Waals surface area contributed by atoms with Gasteiger partial charge in [-0.15, -0.1) is 0 Å². The first-order chi connectivity index (χ1) is 7.38. The largest absolute Gasteiger partial charge is 0.469 e. The molecule has 0 saturated heterocycles. The van der Waals surface area contributed by atoms with Gasteiger partial charge in [-0.1, -0.05) is 13.8 Å². The summed E-state index contributed by atoms with van der Waals surface area (Å²) in [6, 6.07) is -0.531. The highest BCUT2D eigenvalue weighted by Gasteiger charge is 2.19. The van der Waals surface area contributed by atoms with E-state index in [-0.39, 0.29) is 18.3 Å². The molecule has 0 aliphatic carbocycles. The van der Waals surface area contributed by atoms with Gasteiger partial charge in [-0.25, -0.2) is 0 Å². The van der Waals surface area contributed by atoms with Crippen LogP contribution >= 0.6 is 0 Å². The Labute approximate surface area is 96.9 Å². The van der Waals surface area contributed by atoms with Crippen molar-refractivity contribution in [3.05, 3.63) is 0 Å². The predicted octanol–water partition coefficient (Wildman–Crippen LogP) is 0.381. The zero-order valence-corrected chi connectivity index (χ0v) is 10.5. The van der Waals surface area contributed by atoms with Crippen LogP contribution in [0.3, 0.4) is 0 Å². The molecule has 1 amide bonds. The quantitative estimate of drug-likeness (QED) is 0.670. The third-order valence-corrected chi connectivity index (χ3v) is 2.10. The van der Waals surface area contributed by atoms with Crippen molar-refractivity contribution in [2.45, 2.75) is 33.2 Å². The van der Waals surface area contributed by atoms with Crippen LogP contribution in [0.5, 0.6) is 0 Å². The molecule has 0 bridgehead atoms. The van der Waals surface area contributed by atoms with E-state index >= 15 is 0 Å². The molecule has 0 aromatic carbocycles. The van der Waals surface area contributed by atoms with E-state index < -0.39 is 6.04 Å². The monoisotopic (exact) mass is 230 g/mol. The molecule has 0 aromatic heterocycles. The van der Waals surface area contributed by atoms with Gasteiger partial charge in [0.05, 0.1) is 19.6 Å². The molecule has 1 atom stereocenters. The number of hydrogen-bond acceptors (Lipinski definition) is 4. The highest BCUT2D eigenvalue weighted by molar-refractivity contribution is 5.81. The number of nitrogens with two attached hydrogens (primary N) is 1. The Bertz CT molecular complexity index is 239. The fourth-order valence-corrected chi connectivity index (χ4v) is 1.35. The molecule has 94 valence electrons. The number of amides is 1. The number of carbonyl (C=O) groups excluding carboxylic acids is 2. The zero-order valence-electron chi connectivity index (χ0n) is 10.5. The second-order valence-corrected chi connectivity index (χ2v) is 4.29. The van der Waals surface area contributed by atoms with E-state index in [1.165, 1.54) is 7.11 Å². The van der Waals surface area contributed by atoms with E-state index in [4.69, 9.17) is 5.73 Å². The van der Waals surface area contributed by atoms with Crippen molar-refractivity contribution in [1.29, 1.82) is 0 Å². The van der Waals surface area contributed by atoms with Crippen molar-refractivity contribution in [3.63, 3.8) is 0 Å². The Hall–Kier alpha value is -1.10. The Balaban J connectivity index is 4.32. The summed E-state index contributed by atoms with van der Waals surface area (Å²) in [5, 5.41) is 0. The molecule has 0 aliphatic heterocycles. The Morgan fingerprint density at radius 1 is 1.31 bits per heavy atom. The maximum Gasteiger partial charge on any atom is 0.307 e. The van der Waals surface area contributed by atoms with E-state index in [2.05, 4.69) is 4.74 Å². The first-order valence-corrected chi connectivity index (χ1v) is 5.49. The van der Waals surface area contributed by atoms with Gasteiger partial charge in [0.25, 0.3) is 0 Å². The average Bonchev–Trinajstić information content (AvgIpc) is 2.21. The van der Waals surface area contributed by atoms with Gasteiger partial charge in [0.2, 0.25) is 5.91 Å². The topological polar surface area (TPSA) is 72.6 Å². The van der Waals surface area contributed by atoms with Gasteiger partial charge in [0.1, 0.15) is 0 Å². The zero-order chi connectivity index (χ0) is 12.7. The van der Waals surface area contributed by atoms with E-state index in [0.717, 1.165) is 0 Å². The van der Waals surface area contributed by atoms with Crippen molar-refractivity contribution in [3.8, 4) is 0 Å². The summed E-state index contributed by atoms with van der Waals surface area (Å²) in [6.07, 6.45) is 0.210. The van der Waals surface area contributed by atoms with Crippen molar-refractivity contribution in [2.24, 2.45) is 11.7 Å². The summed E-state index contributed by atoms with van der Waals surface area (Å²) < 4.78 is 4.54. The maximum absolute atomic E-state index is 11.7. The van der Waals surface area contributed by atoms with Crippen LogP contribution < -0.4 is 5.73 Å². The Morgan fingerprint density at radius 2 is 1.88 bits per heavy atom. The first kappa shape index (κ1) is 14.9. The molecule has 0 heterocycles. The summed E-state index contributed by atoms with van der Waals surface area (Å²) in [6.45, 7) is 6.65. The molecule has 2 N–H and O–H groups in total. The molecule has 0 radical (unpaired) electrons. The second kappa shape index (κ2) is 7.22. The van der Waals surface area contributed by atoms with Gasteiger partial charge in [0.15, 0.2) is 0 Å². The number of methoxy groups -OCH3 is 1. The fraction of sp³-hybridized carbons (Fsp3) is 0.818. The van der Waals surface area contributed by atoms with Crippen LogP contribution in [0.15, 0.2) is 0 Å². The van der Waals surface area contributed by atoms with E-state index in [1.54, 1.807) is 11.8 Å². The van der Waals surface area contributed by atoms with Gasteiger partial charge in [-0.05, 0) is 12.8 Å². The molecule has 0 fully saturated rings. The lowest BCUT2D eigenvalue weighted by molar-refractivity contribution is -0.142. The third-order valence-electron chi connectivity index (χ3n) is 2.10. The molecule has 5 heteroatoms. The molecule has 0 rings (SSSR count). The average molecular weight is 230 g/mol. The van der Waals surface area contributed by atoms with Gasteiger partial charge in [0, 0.05) is 13.1 Å². The summed E-state index contributed by atoms with van der Waals surface area (Å²) in [5.74, 6) is -0.0934. The summed E-state index contributed by atoms with van der Waals surface area (Å²) >= 11 is 0. The molecule has 5 nitrogen and oxygen atoms in total. The van der Waals surface area contributed by atoms with Crippen LogP contribution in [-0.2, 0) is 14.3 Å². The molecular formula is C11H22N2O3. The highest BCUT2D eigenvalue weighted by atomic mass is 16.5. The predicted molar refractivity (Wildman–Crippen MR) is 61.7 cm³/mol. The van der Waals surface area contributed by atoms with Gasteiger partial charge in [-0.2, -0.15) is 0 Å². The lowest BCUT2D eigenvalue weighted by Crippen LogP contribution is -2.44. The van der Waals surface area contributed by atoms with Crippen LogP contribution in [0, 0.1) is 5.92 Å². The normalized spacial score (nSPS) is 12.4. The Kier molecular flexibility index (Phi) is 6.72. The fourth-order valence-electron chi connectivity index (χ4n) is 1.35. The molecule has 0 spiro atoms. The van der Waals surface area contributed by atoms with Crippen LogP contribution in [-0.4, -0.2) is 43.0 Å². The van der Waals surface area contributed by atoms with Gasteiger partial charge >= 0.3 is 5.97 Å². The lowest BCUT2D eigenvalue weighted by Gasteiger charge is -2.25. The van der Waals surface area contributed by atoms with E-state index in [0.29, 0.717) is 19.0 Å². The minimum Gasteiger partial charge on any atom is -0.469 e. The smallest absolute Gasteiger partial charge is 0.307 e. The van der Waals surface area contributed by atoms with Crippen LogP contribution in [0.1, 0.15) is 27.2 Å². The number of ether oxygens (including phenoxy) is 1. The third kappa shape index (κ3) is 5.70. The lowest BCUT2D eigenvalue weighted by atomic mass is 10.2. The first-order valence-electron chi connectivity index (χ1n) is 5.49. The SMILES string of the molecule is COC(=O)CCN(CC(C)C)C(=O)C(C)N. The molecule has 1 unspecified atom stereocenters. The molecule has 16 heavy (non-hydrogen) atoms. The summed E-state index contributed by atoms with van der Waals surface area (Å²) in [7, 11) is 1.34. The second-order valence-electron chi connectivity index (χ2n) is 4.29. The molecule has 0 aliphatic rings.